The van der Waals surface area contributed by atoms with Crippen molar-refractivity contribution in [3.8, 4) is 5.75 Å². The van der Waals surface area contributed by atoms with Gasteiger partial charge in [0.25, 0.3) is 0 Å². The molecule has 2 aromatic rings. The third kappa shape index (κ3) is 6.45. The molecule has 0 saturated carbocycles. The first kappa shape index (κ1) is 26.5. The standard InChI is InChI=1S/C13H16N2.C12H17NO2.Co/c1-13(2)10-6-4-5-7-11(10)15(3)12(13)8-9-14;1-9(2)7-8-15-11-6-4-3-5-10(11)12(13)14;/h4-9,14H,1-3H3;3-6,9H,7-8H2,1-2H3,(H2,13,14);/b12-8-,14-9?;;. The monoisotopic (exact) mass is 466 g/mol. The molecule has 6 heteroatoms. The summed E-state index contributed by atoms with van der Waals surface area (Å²) in [7, 11) is 2.06. The van der Waals surface area contributed by atoms with Crippen LogP contribution in [0.2, 0.25) is 0 Å². The number of nitrogens with zero attached hydrogens (tertiary/aromatic N) is 1. The van der Waals surface area contributed by atoms with Crippen molar-refractivity contribution in [2.24, 2.45) is 5.92 Å². The fourth-order valence-corrected chi connectivity index (χ4v) is 3.57. The molecule has 0 saturated heterocycles. The predicted octanol–water partition coefficient (Wildman–Crippen LogP) is 5.94. The average Bonchev–Trinajstić information content (AvgIpc) is 2.90. The summed E-state index contributed by atoms with van der Waals surface area (Å²) in [5.41, 5.74) is 4.21. The number of aliphatic hydroxyl groups is 1. The molecular formula is C25H33CoN3O2. The van der Waals surface area contributed by atoms with E-state index in [2.05, 4.69) is 63.9 Å². The van der Waals surface area contributed by atoms with Crippen LogP contribution in [0.5, 0.6) is 5.75 Å². The molecule has 0 amide bonds. The Kier molecular flexibility index (Phi) is 10.0. The molecule has 3 N–H and O–H groups in total. The Balaban J connectivity index is 0.000000300. The Morgan fingerprint density at radius 1 is 1.13 bits per heavy atom. The number of anilines is 1. The molecule has 2 aromatic carbocycles. The second-order valence-electron chi connectivity index (χ2n) is 8.30. The van der Waals surface area contributed by atoms with Crippen molar-refractivity contribution in [2.75, 3.05) is 18.6 Å². The molecule has 0 fully saturated rings. The van der Waals surface area contributed by atoms with Crippen molar-refractivity contribution < 1.29 is 26.6 Å². The molecule has 1 radical (unpaired) electrons. The number of ether oxygens (including phenoxy) is 1. The van der Waals surface area contributed by atoms with Crippen molar-refractivity contribution in [3.05, 3.63) is 71.4 Å². The summed E-state index contributed by atoms with van der Waals surface area (Å²) in [4.78, 5) is 2.17. The van der Waals surface area contributed by atoms with Crippen molar-refractivity contribution in [1.82, 2.24) is 0 Å². The topological polar surface area (TPSA) is 80.4 Å². The zero-order valence-electron chi connectivity index (χ0n) is 18.9. The Hall–Kier alpha value is -2.57. The van der Waals surface area contributed by atoms with Crippen molar-refractivity contribution in [1.29, 1.82) is 10.8 Å². The van der Waals surface area contributed by atoms with Crippen LogP contribution in [0.3, 0.4) is 0 Å². The molecule has 1 aliphatic rings. The minimum Gasteiger partial charge on any atom is -0.493 e. The molecule has 0 atom stereocenters. The fraction of sp³-hybridized carbons (Fsp3) is 0.360. The molecule has 169 valence electrons. The maximum atomic E-state index is 9.12. The van der Waals surface area contributed by atoms with Crippen LogP contribution >= 0.6 is 0 Å². The molecule has 0 bridgehead atoms. The molecular weight excluding hydrogens is 433 g/mol. The predicted molar refractivity (Wildman–Crippen MR) is 126 cm³/mol. The number of rotatable bonds is 6. The molecule has 0 aromatic heterocycles. The summed E-state index contributed by atoms with van der Waals surface area (Å²) in [6.45, 7) is 9.27. The number of hydrogen-bond acceptors (Lipinski definition) is 4. The number of fused-ring (bicyclic) bond motifs is 1. The van der Waals surface area contributed by atoms with E-state index in [1.165, 1.54) is 23.2 Å². The zero-order valence-corrected chi connectivity index (χ0v) is 19.9. The quantitative estimate of drug-likeness (QED) is 0.364. The second kappa shape index (κ2) is 11.7. The number of para-hydroxylation sites is 2. The van der Waals surface area contributed by atoms with Gasteiger partial charge in [-0.05, 0) is 42.2 Å². The van der Waals surface area contributed by atoms with E-state index in [1.54, 1.807) is 18.2 Å². The summed E-state index contributed by atoms with van der Waals surface area (Å²) in [5.74, 6) is 0.714. The van der Waals surface area contributed by atoms with Crippen LogP contribution in [0.25, 0.3) is 0 Å². The Morgan fingerprint density at radius 2 is 1.74 bits per heavy atom. The van der Waals surface area contributed by atoms with Crippen LogP contribution in [0.15, 0.2) is 60.3 Å². The summed E-state index contributed by atoms with van der Waals surface area (Å²) in [6, 6.07) is 15.5. The first-order chi connectivity index (χ1) is 14.2. The van der Waals surface area contributed by atoms with Crippen LogP contribution < -0.4 is 9.64 Å². The number of likely N-dealkylation sites (N-methyl/N-ethyl adjacent to an activating group) is 1. The van der Waals surface area contributed by atoms with E-state index in [4.69, 9.17) is 20.7 Å². The van der Waals surface area contributed by atoms with Gasteiger partial charge in [0.15, 0.2) is 0 Å². The van der Waals surface area contributed by atoms with E-state index in [1.807, 2.05) is 12.1 Å². The second-order valence-corrected chi connectivity index (χ2v) is 8.30. The Morgan fingerprint density at radius 3 is 2.32 bits per heavy atom. The molecule has 31 heavy (non-hydrogen) atoms. The molecule has 0 aliphatic carbocycles. The zero-order chi connectivity index (χ0) is 22.3. The van der Waals surface area contributed by atoms with Gasteiger partial charge in [-0.15, -0.1) is 0 Å². The van der Waals surface area contributed by atoms with Gasteiger partial charge in [0.05, 0.1) is 12.2 Å². The average molecular weight is 466 g/mol. The summed E-state index contributed by atoms with van der Waals surface area (Å²) in [6.07, 6.45) is 4.20. The number of allylic oxidation sites excluding steroid dienone is 2. The van der Waals surface area contributed by atoms with Crippen LogP contribution in [-0.2, 0) is 22.2 Å². The summed E-state index contributed by atoms with van der Waals surface area (Å²) < 4.78 is 5.51. The smallest absolute Gasteiger partial charge is 0.214 e. The molecule has 3 rings (SSSR count). The van der Waals surface area contributed by atoms with Gasteiger partial charge in [0.1, 0.15) is 5.75 Å². The van der Waals surface area contributed by atoms with Gasteiger partial charge < -0.3 is 20.2 Å². The van der Waals surface area contributed by atoms with E-state index in [0.29, 0.717) is 23.8 Å². The van der Waals surface area contributed by atoms with E-state index in [9.17, 15) is 0 Å². The first-order valence-electron chi connectivity index (χ1n) is 10.2. The maximum absolute atomic E-state index is 9.12. The molecule has 1 heterocycles. The number of hydrogen-bond donors (Lipinski definition) is 3. The van der Waals surface area contributed by atoms with E-state index >= 15 is 0 Å². The summed E-state index contributed by atoms with van der Waals surface area (Å²) >= 11 is 0. The fourth-order valence-electron chi connectivity index (χ4n) is 3.57. The number of nitrogens with one attached hydrogen (secondary N) is 2. The van der Waals surface area contributed by atoms with E-state index in [-0.39, 0.29) is 22.2 Å². The summed E-state index contributed by atoms with van der Waals surface area (Å²) in [5, 5.41) is 23.5. The Labute approximate surface area is 196 Å². The van der Waals surface area contributed by atoms with E-state index < -0.39 is 5.90 Å². The third-order valence-electron chi connectivity index (χ3n) is 5.28. The van der Waals surface area contributed by atoms with Gasteiger partial charge in [-0.2, -0.15) is 0 Å². The minimum atomic E-state index is -0.449. The molecule has 0 spiro atoms. The first-order valence-corrected chi connectivity index (χ1v) is 10.2. The SMILES string of the molecule is CC(C)CCOc1ccccc1C(=N)O.CN1/C(=C\C=N)C(C)(C)c2ccccc21.[Co]. The van der Waals surface area contributed by atoms with Crippen molar-refractivity contribution in [3.63, 3.8) is 0 Å². The van der Waals surface area contributed by atoms with E-state index in [0.717, 1.165) is 6.42 Å². The third-order valence-corrected chi connectivity index (χ3v) is 5.28. The van der Waals surface area contributed by atoms with Gasteiger partial charge in [0, 0.05) is 46.8 Å². The van der Waals surface area contributed by atoms with Crippen molar-refractivity contribution >= 4 is 17.8 Å². The van der Waals surface area contributed by atoms with Gasteiger partial charge in [0.2, 0.25) is 5.90 Å². The maximum Gasteiger partial charge on any atom is 0.214 e. The van der Waals surface area contributed by atoms with Crippen LogP contribution in [0.4, 0.5) is 5.69 Å². The Bertz CT molecular complexity index is 922. The van der Waals surface area contributed by atoms with Crippen LogP contribution in [-0.4, -0.2) is 30.9 Å². The molecule has 5 nitrogen and oxygen atoms in total. The number of benzene rings is 2. The van der Waals surface area contributed by atoms with Gasteiger partial charge >= 0.3 is 0 Å². The van der Waals surface area contributed by atoms with Crippen LogP contribution in [0, 0.1) is 16.7 Å². The van der Waals surface area contributed by atoms with Gasteiger partial charge in [-0.25, -0.2) is 0 Å². The molecule has 1 aliphatic heterocycles. The largest absolute Gasteiger partial charge is 0.493 e. The van der Waals surface area contributed by atoms with Crippen molar-refractivity contribution in [2.45, 2.75) is 39.5 Å². The minimum absolute atomic E-state index is 0. The number of aliphatic hydroxyl groups excluding tert-OH is 1. The normalized spacial score (nSPS) is 14.9. The van der Waals surface area contributed by atoms with Crippen LogP contribution in [0.1, 0.15) is 45.2 Å². The molecule has 0 unspecified atom stereocenters. The van der Waals surface area contributed by atoms with Gasteiger partial charge in [-0.1, -0.05) is 58.0 Å². The van der Waals surface area contributed by atoms with Gasteiger partial charge in [-0.3, -0.25) is 5.41 Å².